The van der Waals surface area contributed by atoms with Crippen LogP contribution in [0.15, 0.2) is 59.6 Å². The summed E-state index contributed by atoms with van der Waals surface area (Å²) in [5.74, 6) is -0.676. The molecule has 1 heterocycles. The minimum Gasteiger partial charge on any atom is -0.480 e. The van der Waals surface area contributed by atoms with Gasteiger partial charge in [0.05, 0.1) is 22.9 Å². The molecule has 1 aliphatic rings. The number of methoxy groups -OCH3 is 1. The second-order valence-electron chi connectivity index (χ2n) is 8.48. The van der Waals surface area contributed by atoms with Crippen molar-refractivity contribution in [3.05, 3.63) is 71.7 Å². The molecule has 0 spiro atoms. The fourth-order valence-corrected chi connectivity index (χ4v) is 6.54. The summed E-state index contributed by atoms with van der Waals surface area (Å²) in [5, 5.41) is 3.69. The monoisotopic (exact) mass is 470 g/mol. The average Bonchev–Trinajstić information content (AvgIpc) is 3.46. The second kappa shape index (κ2) is 9.47. The normalized spacial score (nSPS) is 18.4. The number of ether oxygens (including phenoxy) is 1. The maximum absolute atomic E-state index is 13.2. The molecule has 33 heavy (non-hydrogen) atoms. The van der Waals surface area contributed by atoms with Gasteiger partial charge in [-0.3, -0.25) is 4.79 Å². The van der Waals surface area contributed by atoms with Crippen molar-refractivity contribution < 1.29 is 22.3 Å². The highest BCUT2D eigenvalue weighted by atomic mass is 32.2. The van der Waals surface area contributed by atoms with Gasteiger partial charge in [-0.15, -0.1) is 5.10 Å². The van der Waals surface area contributed by atoms with E-state index in [9.17, 15) is 17.6 Å². The maximum atomic E-state index is 13.2. The van der Waals surface area contributed by atoms with Gasteiger partial charge in [0.1, 0.15) is 11.6 Å². The molecule has 4 rings (SSSR count). The highest BCUT2D eigenvalue weighted by molar-refractivity contribution is 7.92. The van der Waals surface area contributed by atoms with Crippen LogP contribution < -0.4 is 4.74 Å². The first-order chi connectivity index (χ1) is 15.8. The Morgan fingerprint density at radius 2 is 1.82 bits per heavy atom. The Labute approximate surface area is 193 Å². The number of carbonyl (C=O) groups excluding carboxylic acids is 1. The van der Waals surface area contributed by atoms with E-state index < -0.39 is 26.8 Å². The van der Waals surface area contributed by atoms with Gasteiger partial charge in [-0.25, -0.2) is 17.5 Å². The molecule has 2 aromatic carbocycles. The van der Waals surface area contributed by atoms with E-state index in [-0.39, 0.29) is 17.1 Å². The largest absolute Gasteiger partial charge is 0.480 e. The number of rotatable bonds is 8. The lowest BCUT2D eigenvalue weighted by Gasteiger charge is -2.19. The van der Waals surface area contributed by atoms with Gasteiger partial charge >= 0.3 is 0 Å². The van der Waals surface area contributed by atoms with Crippen LogP contribution in [0.3, 0.4) is 0 Å². The zero-order valence-corrected chi connectivity index (χ0v) is 19.5. The molecular formula is C25H27FN2O4S. The van der Waals surface area contributed by atoms with E-state index in [1.165, 1.54) is 19.2 Å². The van der Waals surface area contributed by atoms with Crippen LogP contribution in [0.4, 0.5) is 4.39 Å². The number of halogens is 1. The van der Waals surface area contributed by atoms with Crippen molar-refractivity contribution in [2.45, 2.75) is 49.2 Å². The van der Waals surface area contributed by atoms with Crippen LogP contribution in [0.5, 0.6) is 5.88 Å². The first kappa shape index (κ1) is 23.2. The lowest BCUT2D eigenvalue weighted by molar-refractivity contribution is -0.122. The summed E-state index contributed by atoms with van der Waals surface area (Å²) >= 11 is 0. The zero-order valence-electron chi connectivity index (χ0n) is 18.7. The van der Waals surface area contributed by atoms with Crippen molar-refractivity contribution in [3.8, 4) is 11.6 Å². The molecule has 8 heteroatoms. The Balaban J connectivity index is 1.48. The molecule has 1 aliphatic carbocycles. The summed E-state index contributed by atoms with van der Waals surface area (Å²) < 4.78 is 46.6. The molecule has 0 amide bonds. The molecular weight excluding hydrogens is 443 g/mol. The zero-order chi connectivity index (χ0) is 23.6. The smallest absolute Gasteiger partial charge is 0.236 e. The number of hydrogen-bond acceptors (Lipinski definition) is 5. The fourth-order valence-electron chi connectivity index (χ4n) is 4.48. The van der Waals surface area contributed by atoms with Gasteiger partial charge in [0, 0.05) is 24.1 Å². The van der Waals surface area contributed by atoms with Crippen molar-refractivity contribution in [2.24, 2.45) is 5.92 Å². The van der Waals surface area contributed by atoms with Crippen LogP contribution in [0.1, 0.15) is 36.8 Å². The van der Waals surface area contributed by atoms with E-state index in [1.807, 2.05) is 37.4 Å². The first-order valence-electron chi connectivity index (χ1n) is 11.0. The molecule has 0 bridgehead atoms. The van der Waals surface area contributed by atoms with E-state index >= 15 is 0 Å². The lowest BCUT2D eigenvalue weighted by atomic mass is 9.97. The van der Waals surface area contributed by atoms with Crippen molar-refractivity contribution in [2.75, 3.05) is 7.11 Å². The minimum absolute atomic E-state index is 0.0645. The topological polar surface area (TPSA) is 78.3 Å². The SMILES string of the molecule is COc1nn(-c2ccc(C)cc2)cc1CCC(=O)C1CCCC1S(=O)(=O)c1ccc(F)cc1. The number of ketones is 1. The molecule has 2 atom stereocenters. The third-order valence-corrected chi connectivity index (χ3v) is 8.58. The Hall–Kier alpha value is -3.00. The minimum atomic E-state index is -3.71. The number of Topliss-reactive ketones (excluding diaryl/α,β-unsaturated/α-hetero) is 1. The van der Waals surface area contributed by atoms with Crippen LogP contribution in [0.25, 0.3) is 5.69 Å². The van der Waals surface area contributed by atoms with Gasteiger partial charge in [-0.05, 0) is 62.6 Å². The highest BCUT2D eigenvalue weighted by Gasteiger charge is 2.41. The molecule has 1 saturated carbocycles. The predicted molar refractivity (Wildman–Crippen MR) is 123 cm³/mol. The lowest BCUT2D eigenvalue weighted by Crippen LogP contribution is -2.31. The van der Waals surface area contributed by atoms with E-state index in [2.05, 4.69) is 5.10 Å². The number of aryl methyl sites for hydroxylation is 2. The molecule has 3 aromatic rings. The standard InChI is InChI=1S/C25H27FN2O4S/c1-17-6-11-20(12-7-17)28-16-18(25(27-28)32-2)8-15-23(29)22-4-3-5-24(22)33(30,31)21-13-9-19(26)10-14-21/h6-7,9-14,16,22,24H,3-5,8,15H2,1-2H3. The fraction of sp³-hybridized carbons (Fsp3) is 0.360. The van der Waals surface area contributed by atoms with Crippen molar-refractivity contribution in [1.29, 1.82) is 0 Å². The Kier molecular flexibility index (Phi) is 6.65. The van der Waals surface area contributed by atoms with Crippen molar-refractivity contribution in [1.82, 2.24) is 9.78 Å². The van der Waals surface area contributed by atoms with Gasteiger partial charge in [-0.2, -0.15) is 0 Å². The van der Waals surface area contributed by atoms with Crippen LogP contribution in [0, 0.1) is 18.7 Å². The summed E-state index contributed by atoms with van der Waals surface area (Å²) in [7, 11) is -2.17. The highest BCUT2D eigenvalue weighted by Crippen LogP contribution is 2.36. The second-order valence-corrected chi connectivity index (χ2v) is 10.7. The van der Waals surface area contributed by atoms with Crippen LogP contribution in [0.2, 0.25) is 0 Å². The summed E-state index contributed by atoms with van der Waals surface area (Å²) in [6, 6.07) is 12.7. The summed E-state index contributed by atoms with van der Waals surface area (Å²) in [5.41, 5.74) is 2.82. The number of benzene rings is 2. The van der Waals surface area contributed by atoms with E-state index in [0.717, 1.165) is 28.9 Å². The predicted octanol–water partition coefficient (Wildman–Crippen LogP) is 4.47. The van der Waals surface area contributed by atoms with E-state index in [1.54, 1.807) is 4.68 Å². The summed E-state index contributed by atoms with van der Waals surface area (Å²) in [6.07, 6.45) is 4.12. The Morgan fingerprint density at radius 3 is 2.48 bits per heavy atom. The number of aromatic nitrogens is 2. The van der Waals surface area contributed by atoms with Gasteiger partial charge in [0.2, 0.25) is 5.88 Å². The summed E-state index contributed by atoms with van der Waals surface area (Å²) in [6.45, 7) is 2.01. The molecule has 1 fully saturated rings. The molecule has 174 valence electrons. The van der Waals surface area contributed by atoms with E-state index in [0.29, 0.717) is 31.6 Å². The number of hydrogen-bond donors (Lipinski definition) is 0. The van der Waals surface area contributed by atoms with Crippen molar-refractivity contribution in [3.63, 3.8) is 0 Å². The summed E-state index contributed by atoms with van der Waals surface area (Å²) in [4.78, 5) is 13.1. The van der Waals surface area contributed by atoms with Crippen LogP contribution in [-0.2, 0) is 21.1 Å². The van der Waals surface area contributed by atoms with Crippen LogP contribution in [-0.4, -0.2) is 36.3 Å². The Bertz CT molecular complexity index is 1230. The molecule has 2 unspecified atom stereocenters. The molecule has 0 N–H and O–H groups in total. The third-order valence-electron chi connectivity index (χ3n) is 6.29. The van der Waals surface area contributed by atoms with Gasteiger partial charge < -0.3 is 4.74 Å². The molecule has 6 nitrogen and oxygen atoms in total. The molecule has 0 saturated heterocycles. The van der Waals surface area contributed by atoms with Crippen molar-refractivity contribution >= 4 is 15.6 Å². The number of carbonyl (C=O) groups is 1. The number of nitrogens with zero attached hydrogens (tertiary/aromatic N) is 2. The average molecular weight is 471 g/mol. The molecule has 0 aliphatic heterocycles. The maximum Gasteiger partial charge on any atom is 0.236 e. The van der Waals surface area contributed by atoms with E-state index in [4.69, 9.17) is 4.74 Å². The number of sulfone groups is 1. The van der Waals surface area contributed by atoms with Crippen LogP contribution >= 0.6 is 0 Å². The van der Waals surface area contributed by atoms with Gasteiger partial charge in [0.15, 0.2) is 9.84 Å². The third kappa shape index (κ3) is 4.85. The molecule has 0 radical (unpaired) electrons. The first-order valence-corrected chi connectivity index (χ1v) is 12.6. The molecule has 1 aromatic heterocycles. The van der Waals surface area contributed by atoms with Gasteiger partial charge in [0.25, 0.3) is 0 Å². The van der Waals surface area contributed by atoms with Gasteiger partial charge in [-0.1, -0.05) is 24.1 Å². The Morgan fingerprint density at radius 1 is 1.12 bits per heavy atom. The quantitative estimate of drug-likeness (QED) is 0.454.